The molecule has 0 saturated heterocycles. The van der Waals surface area contributed by atoms with Crippen LogP contribution in [0.2, 0.25) is 0 Å². The molecule has 1 N–H and O–H groups in total. The van der Waals surface area contributed by atoms with Crippen LogP contribution in [-0.2, 0) is 13.6 Å². The normalized spacial score (nSPS) is 15.6. The van der Waals surface area contributed by atoms with Gasteiger partial charge in [0.1, 0.15) is 0 Å². The first-order valence-electron chi connectivity index (χ1n) is 5.49. The molecule has 1 saturated carbocycles. The monoisotopic (exact) mass is 218 g/mol. The largest absolute Gasteiger partial charge is 0.356 e. The molecule has 84 valence electrons. The van der Waals surface area contributed by atoms with Crippen LogP contribution in [0, 0.1) is 0 Å². The highest BCUT2D eigenvalue weighted by Crippen LogP contribution is 2.24. The third kappa shape index (κ3) is 1.86. The molecule has 0 aliphatic heterocycles. The van der Waals surface area contributed by atoms with Crippen molar-refractivity contribution in [2.45, 2.75) is 25.4 Å². The van der Waals surface area contributed by atoms with Gasteiger partial charge in [0.05, 0.1) is 18.0 Å². The van der Waals surface area contributed by atoms with Gasteiger partial charge in [-0.25, -0.2) is 0 Å². The first kappa shape index (κ1) is 9.59. The first-order chi connectivity index (χ1) is 7.83. The van der Waals surface area contributed by atoms with Crippen LogP contribution in [-0.4, -0.2) is 21.0 Å². The average molecular weight is 218 g/mol. The van der Waals surface area contributed by atoms with Crippen LogP contribution in [0.15, 0.2) is 23.1 Å². The second kappa shape index (κ2) is 3.75. The van der Waals surface area contributed by atoms with Crippen molar-refractivity contribution < 1.29 is 4.52 Å². The lowest BCUT2D eigenvalue weighted by atomic mass is 10.2. The predicted molar refractivity (Wildman–Crippen MR) is 58.6 cm³/mol. The summed E-state index contributed by atoms with van der Waals surface area (Å²) in [7, 11) is 1.89. The number of nitrogens with one attached hydrogen (secondary N) is 1. The Kier molecular flexibility index (Phi) is 2.25. The highest BCUT2D eigenvalue weighted by atomic mass is 16.5. The van der Waals surface area contributed by atoms with Crippen LogP contribution >= 0.6 is 0 Å². The molecule has 0 radical (unpaired) electrons. The maximum atomic E-state index is 5.27. The number of nitrogens with zero attached hydrogens (tertiary/aromatic N) is 3. The summed E-state index contributed by atoms with van der Waals surface area (Å²) in [6.07, 6.45) is 8.07. The lowest BCUT2D eigenvalue weighted by molar-refractivity contribution is 0.431. The van der Waals surface area contributed by atoms with Crippen molar-refractivity contribution in [3.05, 3.63) is 24.2 Å². The zero-order valence-corrected chi connectivity index (χ0v) is 9.18. The highest BCUT2D eigenvalue weighted by Gasteiger charge is 2.21. The van der Waals surface area contributed by atoms with E-state index in [2.05, 4.69) is 15.6 Å². The third-order valence-corrected chi connectivity index (χ3v) is 2.77. The molecule has 2 aromatic heterocycles. The molecule has 3 rings (SSSR count). The van der Waals surface area contributed by atoms with Gasteiger partial charge in [-0.1, -0.05) is 5.16 Å². The van der Waals surface area contributed by atoms with E-state index in [1.54, 1.807) is 17.1 Å². The summed E-state index contributed by atoms with van der Waals surface area (Å²) in [5.74, 6) is 0.821. The Hall–Kier alpha value is -1.62. The Morgan fingerprint density at radius 3 is 3.06 bits per heavy atom. The van der Waals surface area contributed by atoms with Gasteiger partial charge >= 0.3 is 0 Å². The van der Waals surface area contributed by atoms with Crippen molar-refractivity contribution in [2.24, 2.45) is 7.05 Å². The fourth-order valence-corrected chi connectivity index (χ4v) is 1.70. The van der Waals surface area contributed by atoms with Crippen molar-refractivity contribution >= 4 is 0 Å². The molecule has 0 atom stereocenters. The average Bonchev–Trinajstić information content (AvgIpc) is 2.82. The van der Waals surface area contributed by atoms with Crippen molar-refractivity contribution in [3.63, 3.8) is 0 Å². The summed E-state index contributed by atoms with van der Waals surface area (Å²) in [6.45, 7) is 0.818. The van der Waals surface area contributed by atoms with E-state index in [0.29, 0.717) is 6.04 Å². The predicted octanol–water partition coefficient (Wildman–Crippen LogP) is 1.33. The minimum Gasteiger partial charge on any atom is -0.356 e. The molecular weight excluding hydrogens is 204 g/mol. The van der Waals surface area contributed by atoms with Gasteiger partial charge in [-0.2, -0.15) is 5.10 Å². The third-order valence-electron chi connectivity index (χ3n) is 2.77. The molecule has 0 bridgehead atoms. The summed E-state index contributed by atoms with van der Waals surface area (Å²) in [6, 6.07) is 0.691. The van der Waals surface area contributed by atoms with E-state index in [-0.39, 0.29) is 0 Å². The minimum absolute atomic E-state index is 0.691. The van der Waals surface area contributed by atoms with Gasteiger partial charge in [0.25, 0.3) is 0 Å². The van der Waals surface area contributed by atoms with Gasteiger partial charge in [-0.3, -0.25) is 4.68 Å². The van der Waals surface area contributed by atoms with Crippen LogP contribution in [0.1, 0.15) is 18.4 Å². The molecule has 5 nitrogen and oxygen atoms in total. The SMILES string of the molecule is Cn1cc(-c2oncc2CNC2CC2)cn1. The van der Waals surface area contributed by atoms with Gasteiger partial charge in [-0.15, -0.1) is 0 Å². The van der Waals surface area contributed by atoms with Crippen LogP contribution in [0.5, 0.6) is 0 Å². The molecule has 0 amide bonds. The number of aromatic nitrogens is 3. The lowest BCUT2D eigenvalue weighted by Gasteiger charge is -2.00. The maximum absolute atomic E-state index is 5.27. The molecular formula is C11H14N4O. The van der Waals surface area contributed by atoms with Crippen molar-refractivity contribution in [2.75, 3.05) is 0 Å². The van der Waals surface area contributed by atoms with Crippen molar-refractivity contribution in [1.29, 1.82) is 0 Å². The number of rotatable bonds is 4. The Labute approximate surface area is 93.4 Å². The molecule has 0 unspecified atom stereocenters. The van der Waals surface area contributed by atoms with E-state index in [9.17, 15) is 0 Å². The second-order valence-corrected chi connectivity index (χ2v) is 4.24. The molecule has 1 fully saturated rings. The summed E-state index contributed by atoms with van der Waals surface area (Å²) < 4.78 is 7.03. The molecule has 1 aliphatic carbocycles. The standard InChI is InChI=1S/C11H14N4O/c1-15-7-9(5-13-15)11-8(6-14-16-11)4-12-10-2-3-10/h5-7,10,12H,2-4H2,1H3. The summed E-state index contributed by atoms with van der Waals surface area (Å²) in [5.41, 5.74) is 2.08. The number of hydrogen-bond acceptors (Lipinski definition) is 4. The molecule has 2 aromatic rings. The summed E-state index contributed by atoms with van der Waals surface area (Å²) in [5, 5.41) is 11.4. The van der Waals surface area contributed by atoms with E-state index in [1.165, 1.54) is 12.8 Å². The number of hydrogen-bond donors (Lipinski definition) is 1. The van der Waals surface area contributed by atoms with E-state index in [0.717, 1.165) is 23.4 Å². The van der Waals surface area contributed by atoms with E-state index >= 15 is 0 Å². The van der Waals surface area contributed by atoms with Gasteiger partial charge in [-0.05, 0) is 12.8 Å². The fourth-order valence-electron chi connectivity index (χ4n) is 1.70. The van der Waals surface area contributed by atoms with Crippen molar-refractivity contribution in [3.8, 4) is 11.3 Å². The Balaban J connectivity index is 1.80. The van der Waals surface area contributed by atoms with Crippen molar-refractivity contribution in [1.82, 2.24) is 20.3 Å². The van der Waals surface area contributed by atoms with Gasteiger partial charge in [0, 0.05) is 31.4 Å². The Bertz CT molecular complexity index is 484. The van der Waals surface area contributed by atoms with Crippen LogP contribution in [0.25, 0.3) is 11.3 Å². The zero-order chi connectivity index (χ0) is 11.0. The Morgan fingerprint density at radius 2 is 2.38 bits per heavy atom. The molecule has 5 heteroatoms. The quantitative estimate of drug-likeness (QED) is 0.841. The minimum atomic E-state index is 0.691. The number of aryl methyl sites for hydroxylation is 1. The second-order valence-electron chi connectivity index (χ2n) is 4.24. The highest BCUT2D eigenvalue weighted by molar-refractivity contribution is 5.58. The first-order valence-corrected chi connectivity index (χ1v) is 5.49. The van der Waals surface area contributed by atoms with Crippen LogP contribution < -0.4 is 5.32 Å². The smallest absolute Gasteiger partial charge is 0.174 e. The van der Waals surface area contributed by atoms with Crippen LogP contribution in [0.4, 0.5) is 0 Å². The zero-order valence-electron chi connectivity index (χ0n) is 9.18. The molecule has 1 aliphatic rings. The molecule has 2 heterocycles. The Morgan fingerprint density at radius 1 is 1.50 bits per heavy atom. The molecule has 16 heavy (non-hydrogen) atoms. The van der Waals surface area contributed by atoms with E-state index in [4.69, 9.17) is 4.52 Å². The van der Waals surface area contributed by atoms with E-state index < -0.39 is 0 Å². The van der Waals surface area contributed by atoms with Gasteiger partial charge in [0.2, 0.25) is 0 Å². The fraction of sp³-hybridized carbons (Fsp3) is 0.455. The van der Waals surface area contributed by atoms with Crippen LogP contribution in [0.3, 0.4) is 0 Å². The topological polar surface area (TPSA) is 55.9 Å². The lowest BCUT2D eigenvalue weighted by Crippen LogP contribution is -2.15. The van der Waals surface area contributed by atoms with Gasteiger partial charge in [0.15, 0.2) is 5.76 Å². The van der Waals surface area contributed by atoms with Gasteiger partial charge < -0.3 is 9.84 Å². The summed E-state index contributed by atoms with van der Waals surface area (Å²) >= 11 is 0. The maximum Gasteiger partial charge on any atom is 0.174 e. The summed E-state index contributed by atoms with van der Waals surface area (Å²) in [4.78, 5) is 0. The molecule has 0 aromatic carbocycles. The van der Waals surface area contributed by atoms with E-state index in [1.807, 2.05) is 13.2 Å². The molecule has 0 spiro atoms.